The maximum absolute atomic E-state index is 6.26. The number of hydrogen-bond donors (Lipinski definition) is 0. The Morgan fingerprint density at radius 2 is 1.80 bits per heavy atom. The van der Waals surface area contributed by atoms with E-state index in [9.17, 15) is 0 Å². The van der Waals surface area contributed by atoms with Gasteiger partial charge < -0.3 is 0 Å². The zero-order valence-electron chi connectivity index (χ0n) is 9.34. The van der Waals surface area contributed by atoms with Crippen LogP contribution in [0.2, 0.25) is 0 Å². The molecule has 0 N–H and O–H groups in total. The van der Waals surface area contributed by atoms with Gasteiger partial charge in [0.2, 0.25) is 0 Å². The van der Waals surface area contributed by atoms with E-state index in [1.807, 2.05) is 0 Å². The van der Waals surface area contributed by atoms with E-state index in [0.29, 0.717) is 11.3 Å². The molecule has 0 bridgehead atoms. The monoisotopic (exact) mass is 336 g/mol. The topological polar surface area (TPSA) is 0 Å². The molecule has 1 atom stereocenters. The summed E-state index contributed by atoms with van der Waals surface area (Å²) in [6.07, 6.45) is 3.30. The Labute approximate surface area is 112 Å². The van der Waals surface area contributed by atoms with Crippen molar-refractivity contribution in [3.05, 3.63) is 33.4 Å². The number of benzene rings is 1. The standard InChI is InChI=1S/C13H18ClI/c1-10(2)9-12(14)6-3-11-4-7-13(15)8-5-11/h4-5,7-8,10,12H,3,6,9H2,1-2H3. The fourth-order valence-corrected chi connectivity index (χ4v) is 2.43. The number of hydrogen-bond acceptors (Lipinski definition) is 0. The van der Waals surface area contributed by atoms with Gasteiger partial charge in [0, 0.05) is 8.95 Å². The summed E-state index contributed by atoms with van der Waals surface area (Å²) in [5.74, 6) is 0.698. The van der Waals surface area contributed by atoms with E-state index in [1.165, 1.54) is 9.13 Å². The largest absolute Gasteiger partial charge is 0.123 e. The van der Waals surface area contributed by atoms with Gasteiger partial charge in [0.1, 0.15) is 0 Å². The van der Waals surface area contributed by atoms with Crippen molar-refractivity contribution in [1.82, 2.24) is 0 Å². The third-order valence-corrected chi connectivity index (χ3v) is 3.50. The van der Waals surface area contributed by atoms with Crippen LogP contribution in [0.25, 0.3) is 0 Å². The van der Waals surface area contributed by atoms with Crippen LogP contribution in [0.3, 0.4) is 0 Å². The molecular formula is C13H18ClI. The van der Waals surface area contributed by atoms with Gasteiger partial charge in [0.15, 0.2) is 0 Å². The average Bonchev–Trinajstić information content (AvgIpc) is 2.16. The van der Waals surface area contributed by atoms with Gasteiger partial charge in [-0.3, -0.25) is 0 Å². The van der Waals surface area contributed by atoms with Crippen LogP contribution in [-0.4, -0.2) is 5.38 Å². The molecule has 15 heavy (non-hydrogen) atoms. The molecule has 0 amide bonds. The van der Waals surface area contributed by atoms with Crippen LogP contribution in [0.5, 0.6) is 0 Å². The predicted octanol–water partition coefficient (Wildman–Crippen LogP) is 4.88. The highest BCUT2D eigenvalue weighted by molar-refractivity contribution is 14.1. The van der Waals surface area contributed by atoms with E-state index in [4.69, 9.17) is 11.6 Å². The maximum atomic E-state index is 6.26. The molecular weight excluding hydrogens is 318 g/mol. The minimum Gasteiger partial charge on any atom is -0.123 e. The number of rotatable bonds is 5. The summed E-state index contributed by atoms with van der Waals surface area (Å²) < 4.78 is 1.29. The second-order valence-electron chi connectivity index (χ2n) is 4.39. The highest BCUT2D eigenvalue weighted by Gasteiger charge is 2.07. The van der Waals surface area contributed by atoms with Crippen LogP contribution >= 0.6 is 34.2 Å². The van der Waals surface area contributed by atoms with E-state index in [-0.39, 0.29) is 0 Å². The minimum absolute atomic E-state index is 0.323. The van der Waals surface area contributed by atoms with Gasteiger partial charge in [-0.05, 0) is 65.5 Å². The molecule has 1 aromatic rings. The molecule has 1 rings (SSSR count). The zero-order chi connectivity index (χ0) is 11.3. The molecule has 0 fully saturated rings. The number of aryl methyl sites for hydroxylation is 1. The molecule has 0 aromatic heterocycles. The molecule has 0 aliphatic carbocycles. The first kappa shape index (κ1) is 13.3. The summed E-state index contributed by atoms with van der Waals surface area (Å²) in [6, 6.07) is 8.70. The summed E-state index contributed by atoms with van der Waals surface area (Å²) in [7, 11) is 0. The van der Waals surface area contributed by atoms with Gasteiger partial charge in [-0.15, -0.1) is 11.6 Å². The van der Waals surface area contributed by atoms with Crippen molar-refractivity contribution in [3.8, 4) is 0 Å². The Hall–Kier alpha value is 0.240. The minimum atomic E-state index is 0.323. The molecule has 84 valence electrons. The lowest BCUT2D eigenvalue weighted by molar-refractivity contribution is 0.544. The van der Waals surface area contributed by atoms with Gasteiger partial charge in [0.25, 0.3) is 0 Å². The number of alkyl halides is 1. The highest BCUT2D eigenvalue weighted by atomic mass is 127. The van der Waals surface area contributed by atoms with Crippen molar-refractivity contribution in [2.75, 3.05) is 0 Å². The van der Waals surface area contributed by atoms with Crippen LogP contribution in [-0.2, 0) is 6.42 Å². The van der Waals surface area contributed by atoms with E-state index >= 15 is 0 Å². The molecule has 0 aliphatic heterocycles. The van der Waals surface area contributed by atoms with Crippen LogP contribution in [0.4, 0.5) is 0 Å². The van der Waals surface area contributed by atoms with Crippen LogP contribution in [0.15, 0.2) is 24.3 Å². The molecule has 0 aliphatic rings. The Morgan fingerprint density at radius 3 is 2.33 bits per heavy atom. The third-order valence-electron chi connectivity index (χ3n) is 2.39. The molecule has 1 unspecified atom stereocenters. The molecule has 1 aromatic carbocycles. The first-order valence-electron chi connectivity index (χ1n) is 5.46. The quantitative estimate of drug-likeness (QED) is 0.531. The van der Waals surface area contributed by atoms with Crippen molar-refractivity contribution >= 4 is 34.2 Å². The molecule has 0 nitrogen and oxygen atoms in total. The van der Waals surface area contributed by atoms with Crippen molar-refractivity contribution < 1.29 is 0 Å². The SMILES string of the molecule is CC(C)CC(Cl)CCc1ccc(I)cc1. The summed E-state index contributed by atoms with van der Waals surface area (Å²) in [4.78, 5) is 0. The highest BCUT2D eigenvalue weighted by Crippen LogP contribution is 2.17. The van der Waals surface area contributed by atoms with E-state index < -0.39 is 0 Å². The maximum Gasteiger partial charge on any atom is 0.0341 e. The Balaban J connectivity index is 2.33. The smallest absolute Gasteiger partial charge is 0.0341 e. The molecule has 0 spiro atoms. The van der Waals surface area contributed by atoms with Gasteiger partial charge >= 0.3 is 0 Å². The lowest BCUT2D eigenvalue weighted by atomic mass is 10.0. The van der Waals surface area contributed by atoms with Crippen molar-refractivity contribution in [2.24, 2.45) is 5.92 Å². The fourth-order valence-electron chi connectivity index (χ4n) is 1.60. The van der Waals surface area contributed by atoms with E-state index in [0.717, 1.165) is 19.3 Å². The van der Waals surface area contributed by atoms with Gasteiger partial charge in [-0.1, -0.05) is 26.0 Å². The lowest BCUT2D eigenvalue weighted by Crippen LogP contribution is -2.04. The molecule has 2 heteroatoms. The van der Waals surface area contributed by atoms with Gasteiger partial charge in [-0.2, -0.15) is 0 Å². The Kier molecular flexibility index (Phi) is 5.98. The third kappa shape index (κ3) is 5.76. The summed E-state index contributed by atoms with van der Waals surface area (Å²) in [5, 5.41) is 0.323. The first-order chi connectivity index (χ1) is 7.08. The predicted molar refractivity (Wildman–Crippen MR) is 76.6 cm³/mol. The van der Waals surface area contributed by atoms with Crippen LogP contribution in [0.1, 0.15) is 32.3 Å². The van der Waals surface area contributed by atoms with Crippen LogP contribution < -0.4 is 0 Å². The Bertz CT molecular complexity index is 279. The van der Waals surface area contributed by atoms with Crippen molar-refractivity contribution in [3.63, 3.8) is 0 Å². The summed E-state index contributed by atoms with van der Waals surface area (Å²) >= 11 is 8.58. The zero-order valence-corrected chi connectivity index (χ0v) is 12.3. The Morgan fingerprint density at radius 1 is 1.20 bits per heavy atom. The summed E-state index contributed by atoms with van der Waals surface area (Å²) in [6.45, 7) is 4.44. The number of halogens is 2. The molecule has 0 radical (unpaired) electrons. The van der Waals surface area contributed by atoms with E-state index in [2.05, 4.69) is 60.7 Å². The van der Waals surface area contributed by atoms with Crippen molar-refractivity contribution in [2.45, 2.75) is 38.5 Å². The molecule has 0 saturated carbocycles. The fraction of sp³-hybridized carbons (Fsp3) is 0.538. The first-order valence-corrected chi connectivity index (χ1v) is 6.98. The lowest BCUT2D eigenvalue weighted by Gasteiger charge is -2.11. The van der Waals surface area contributed by atoms with Gasteiger partial charge in [0.05, 0.1) is 0 Å². The van der Waals surface area contributed by atoms with Gasteiger partial charge in [-0.25, -0.2) is 0 Å². The van der Waals surface area contributed by atoms with Crippen LogP contribution in [0, 0.1) is 9.49 Å². The molecule has 0 saturated heterocycles. The second kappa shape index (κ2) is 6.74. The summed E-state index contributed by atoms with van der Waals surface area (Å²) in [5.41, 5.74) is 1.39. The van der Waals surface area contributed by atoms with Crippen molar-refractivity contribution in [1.29, 1.82) is 0 Å². The second-order valence-corrected chi connectivity index (χ2v) is 6.25. The normalized spacial score (nSPS) is 13.1. The average molecular weight is 337 g/mol. The molecule has 0 heterocycles. The van der Waals surface area contributed by atoms with E-state index in [1.54, 1.807) is 0 Å².